The molecule has 3 aliphatic rings. The number of likely N-dealkylation sites (tertiary alicyclic amines) is 1. The standard InChI is InChI=1S/C23H30N4O2.C2HF3O2/c1-25-16-23(21-20(22(25)28)15-27(24-21)14-18-3-4-18)9-11-26(12-10-23)13-17-5-7-19(29-2)8-6-17;3-2(4,5)1(6)7/h5-8,15,18H,3-4,9-14,16H2,1-2H3;(H,6,7). The number of benzene rings is 1. The van der Waals surface area contributed by atoms with Crippen molar-refractivity contribution in [1.29, 1.82) is 0 Å². The second kappa shape index (κ2) is 10.1. The lowest BCUT2D eigenvalue weighted by Gasteiger charge is -2.45. The van der Waals surface area contributed by atoms with Crippen molar-refractivity contribution in [2.45, 2.75) is 50.4 Å². The van der Waals surface area contributed by atoms with Crippen molar-refractivity contribution < 1.29 is 32.6 Å². The summed E-state index contributed by atoms with van der Waals surface area (Å²) in [6.07, 6.45) is 1.62. The van der Waals surface area contributed by atoms with Crippen LogP contribution in [0.4, 0.5) is 13.2 Å². The Morgan fingerprint density at radius 3 is 2.33 bits per heavy atom. The number of fused-ring (bicyclic) bond motifs is 2. The molecule has 1 aromatic heterocycles. The number of amides is 1. The fourth-order valence-corrected chi connectivity index (χ4v) is 4.96. The molecule has 1 aromatic carbocycles. The number of methoxy groups -OCH3 is 1. The molecule has 1 spiro atoms. The number of aromatic nitrogens is 2. The SMILES string of the molecule is COc1ccc(CN2CCC3(CC2)CN(C)C(=O)c2cn(CC4CC4)nc23)cc1.O=C(O)C(F)(F)F. The lowest BCUT2D eigenvalue weighted by Crippen LogP contribution is -2.53. The van der Waals surface area contributed by atoms with Crippen molar-refractivity contribution in [2.24, 2.45) is 5.92 Å². The van der Waals surface area contributed by atoms with Crippen LogP contribution >= 0.6 is 0 Å². The average molecular weight is 509 g/mol. The third-order valence-corrected chi connectivity index (χ3v) is 7.14. The zero-order valence-corrected chi connectivity index (χ0v) is 20.4. The number of halogens is 3. The molecule has 0 bridgehead atoms. The maximum Gasteiger partial charge on any atom is 0.490 e. The summed E-state index contributed by atoms with van der Waals surface area (Å²) in [5, 5.41) is 12.1. The molecule has 3 heterocycles. The minimum atomic E-state index is -5.08. The van der Waals surface area contributed by atoms with Crippen LogP contribution in [0.5, 0.6) is 5.75 Å². The summed E-state index contributed by atoms with van der Waals surface area (Å²) in [6, 6.07) is 8.35. The number of aliphatic carboxylic acids is 1. The predicted octanol–water partition coefficient (Wildman–Crippen LogP) is 3.55. The van der Waals surface area contributed by atoms with E-state index in [0.717, 1.165) is 68.5 Å². The van der Waals surface area contributed by atoms with E-state index < -0.39 is 12.1 Å². The van der Waals surface area contributed by atoms with Crippen molar-refractivity contribution in [1.82, 2.24) is 19.6 Å². The number of hydrogen-bond acceptors (Lipinski definition) is 5. The molecule has 0 atom stereocenters. The third-order valence-electron chi connectivity index (χ3n) is 7.14. The van der Waals surface area contributed by atoms with Crippen molar-refractivity contribution in [2.75, 3.05) is 33.8 Å². The number of rotatable bonds is 5. The molecule has 2 aliphatic heterocycles. The highest BCUT2D eigenvalue weighted by Crippen LogP contribution is 2.41. The van der Waals surface area contributed by atoms with Gasteiger partial charge in [0.25, 0.3) is 5.91 Å². The number of likely N-dealkylation sites (N-methyl/N-ethyl adjacent to an activating group) is 1. The molecule has 1 saturated carbocycles. The molecule has 2 fully saturated rings. The molecule has 0 unspecified atom stereocenters. The molecule has 0 radical (unpaired) electrons. The highest BCUT2D eigenvalue weighted by molar-refractivity contribution is 5.96. The van der Waals surface area contributed by atoms with Gasteiger partial charge in [-0.3, -0.25) is 14.4 Å². The molecule has 11 heteroatoms. The van der Waals surface area contributed by atoms with Crippen LogP contribution in [-0.4, -0.2) is 76.5 Å². The number of hydrogen-bond donors (Lipinski definition) is 1. The van der Waals surface area contributed by atoms with Gasteiger partial charge in [0.1, 0.15) is 5.75 Å². The summed E-state index contributed by atoms with van der Waals surface area (Å²) in [6.45, 7) is 4.77. The van der Waals surface area contributed by atoms with Gasteiger partial charge >= 0.3 is 12.1 Å². The maximum absolute atomic E-state index is 12.8. The Hall–Kier alpha value is -3.08. The zero-order valence-electron chi connectivity index (χ0n) is 20.4. The number of alkyl halides is 3. The first kappa shape index (κ1) is 26.0. The molecule has 1 amide bonds. The predicted molar refractivity (Wildman–Crippen MR) is 125 cm³/mol. The Labute approximate surface area is 207 Å². The van der Waals surface area contributed by atoms with Gasteiger partial charge in [-0.1, -0.05) is 12.1 Å². The van der Waals surface area contributed by atoms with Crippen molar-refractivity contribution in [3.8, 4) is 5.75 Å². The summed E-state index contributed by atoms with van der Waals surface area (Å²) in [5.74, 6) is -0.970. The van der Waals surface area contributed by atoms with Gasteiger partial charge in [0, 0.05) is 38.3 Å². The van der Waals surface area contributed by atoms with Crippen LogP contribution in [0, 0.1) is 5.92 Å². The summed E-state index contributed by atoms with van der Waals surface area (Å²) >= 11 is 0. The van der Waals surface area contributed by atoms with Gasteiger partial charge in [0.05, 0.1) is 18.4 Å². The lowest BCUT2D eigenvalue weighted by atomic mass is 9.72. The molecule has 1 N–H and O–H groups in total. The quantitative estimate of drug-likeness (QED) is 0.665. The van der Waals surface area contributed by atoms with Gasteiger partial charge in [-0.05, 0) is 62.4 Å². The first-order chi connectivity index (χ1) is 17.0. The van der Waals surface area contributed by atoms with E-state index in [1.807, 2.05) is 35.0 Å². The van der Waals surface area contributed by atoms with E-state index in [9.17, 15) is 18.0 Å². The molecule has 36 heavy (non-hydrogen) atoms. The molecule has 1 aliphatic carbocycles. The maximum atomic E-state index is 12.8. The Morgan fingerprint density at radius 1 is 1.19 bits per heavy atom. The van der Waals surface area contributed by atoms with Crippen molar-refractivity contribution in [3.05, 3.63) is 47.3 Å². The van der Waals surface area contributed by atoms with E-state index in [1.54, 1.807) is 7.11 Å². The zero-order chi connectivity index (χ0) is 26.1. The number of ether oxygens (including phenoxy) is 1. The number of carbonyl (C=O) groups excluding carboxylic acids is 1. The molecule has 1 saturated heterocycles. The fourth-order valence-electron chi connectivity index (χ4n) is 4.96. The number of carbonyl (C=O) groups is 2. The van der Waals surface area contributed by atoms with Crippen molar-refractivity contribution in [3.63, 3.8) is 0 Å². The van der Waals surface area contributed by atoms with E-state index in [-0.39, 0.29) is 11.3 Å². The normalized spacial score (nSPS) is 19.5. The molecular weight excluding hydrogens is 477 g/mol. The van der Waals surface area contributed by atoms with Crippen LogP contribution < -0.4 is 4.74 Å². The van der Waals surface area contributed by atoms with E-state index in [2.05, 4.69) is 17.0 Å². The Bertz CT molecular complexity index is 1090. The first-order valence-corrected chi connectivity index (χ1v) is 12.0. The monoisotopic (exact) mass is 508 g/mol. The molecular formula is C25H31F3N4O4. The van der Waals surface area contributed by atoms with Crippen LogP contribution in [0.25, 0.3) is 0 Å². The fraction of sp³-hybridized carbons (Fsp3) is 0.560. The van der Waals surface area contributed by atoms with Gasteiger partial charge in [0.15, 0.2) is 0 Å². The minimum Gasteiger partial charge on any atom is -0.497 e. The molecule has 5 rings (SSSR count). The summed E-state index contributed by atoms with van der Waals surface area (Å²) in [4.78, 5) is 26.1. The summed E-state index contributed by atoms with van der Waals surface area (Å²) in [7, 11) is 3.64. The topological polar surface area (TPSA) is 87.9 Å². The number of piperidine rings is 1. The van der Waals surface area contributed by atoms with E-state index >= 15 is 0 Å². The van der Waals surface area contributed by atoms with E-state index in [1.165, 1.54) is 18.4 Å². The number of nitrogens with zero attached hydrogens (tertiary/aromatic N) is 4. The van der Waals surface area contributed by atoms with Crippen LogP contribution in [0.15, 0.2) is 30.5 Å². The number of carboxylic acids is 1. The molecule has 8 nitrogen and oxygen atoms in total. The van der Waals surface area contributed by atoms with E-state index in [4.69, 9.17) is 19.7 Å². The van der Waals surface area contributed by atoms with Crippen LogP contribution in [0.2, 0.25) is 0 Å². The second-order valence-corrected chi connectivity index (χ2v) is 9.93. The van der Waals surface area contributed by atoms with Gasteiger partial charge in [-0.15, -0.1) is 0 Å². The first-order valence-electron chi connectivity index (χ1n) is 12.0. The van der Waals surface area contributed by atoms with Crippen LogP contribution in [-0.2, 0) is 23.3 Å². The van der Waals surface area contributed by atoms with Crippen LogP contribution in [0.1, 0.15) is 47.3 Å². The highest BCUT2D eigenvalue weighted by Gasteiger charge is 2.46. The van der Waals surface area contributed by atoms with Gasteiger partial charge in [-0.25, -0.2) is 4.79 Å². The minimum absolute atomic E-state index is 0.00318. The second-order valence-electron chi connectivity index (χ2n) is 9.93. The van der Waals surface area contributed by atoms with Gasteiger partial charge < -0.3 is 14.7 Å². The van der Waals surface area contributed by atoms with Gasteiger partial charge in [0.2, 0.25) is 0 Å². The Kier molecular flexibility index (Phi) is 7.31. The highest BCUT2D eigenvalue weighted by atomic mass is 19.4. The number of carboxylic acid groups (broad SMARTS) is 1. The Balaban J connectivity index is 0.000000384. The average Bonchev–Trinajstić information content (AvgIpc) is 3.54. The van der Waals surface area contributed by atoms with Gasteiger partial charge in [-0.2, -0.15) is 18.3 Å². The smallest absolute Gasteiger partial charge is 0.490 e. The summed E-state index contributed by atoms with van der Waals surface area (Å²) < 4.78 is 39.0. The molecule has 2 aromatic rings. The largest absolute Gasteiger partial charge is 0.497 e. The third kappa shape index (κ3) is 5.83. The summed E-state index contributed by atoms with van der Waals surface area (Å²) in [5.41, 5.74) is 3.21. The van der Waals surface area contributed by atoms with Crippen molar-refractivity contribution >= 4 is 11.9 Å². The lowest BCUT2D eigenvalue weighted by molar-refractivity contribution is -0.192. The molecule has 196 valence electrons. The van der Waals surface area contributed by atoms with Crippen LogP contribution in [0.3, 0.4) is 0 Å². The Morgan fingerprint density at radius 2 is 1.81 bits per heavy atom. The van der Waals surface area contributed by atoms with E-state index in [0.29, 0.717) is 0 Å².